The van der Waals surface area contributed by atoms with Crippen molar-refractivity contribution >= 4 is 5.96 Å². The summed E-state index contributed by atoms with van der Waals surface area (Å²) in [5.41, 5.74) is 0. The first-order chi connectivity index (χ1) is 10.2. The summed E-state index contributed by atoms with van der Waals surface area (Å²) in [6, 6.07) is 1.03. The normalized spacial score (nSPS) is 23.5. The lowest BCUT2D eigenvalue weighted by Crippen LogP contribution is -2.49. The summed E-state index contributed by atoms with van der Waals surface area (Å²) in [5.74, 6) is 0.965. The first-order valence-electron chi connectivity index (χ1n) is 8.31. The van der Waals surface area contributed by atoms with Gasteiger partial charge in [-0.15, -0.1) is 0 Å². The Hall–Kier alpha value is -1.07. The maximum atomic E-state index is 4.78. The molecular formula is C16H31N5. The molecule has 0 aromatic carbocycles. The highest BCUT2D eigenvalue weighted by Crippen LogP contribution is 2.09. The minimum Gasteiger partial charge on any atom is -0.357 e. The maximum absolute atomic E-state index is 4.78. The van der Waals surface area contributed by atoms with Crippen molar-refractivity contribution in [3.63, 3.8) is 0 Å². The Morgan fingerprint density at radius 2 is 1.90 bits per heavy atom. The van der Waals surface area contributed by atoms with Crippen LogP contribution in [0.1, 0.15) is 26.7 Å². The highest BCUT2D eigenvalue weighted by atomic mass is 15.3. The van der Waals surface area contributed by atoms with Crippen LogP contribution in [0.25, 0.3) is 0 Å². The van der Waals surface area contributed by atoms with Gasteiger partial charge in [0.05, 0.1) is 6.54 Å². The van der Waals surface area contributed by atoms with E-state index in [9.17, 15) is 0 Å². The van der Waals surface area contributed by atoms with Gasteiger partial charge in [0.25, 0.3) is 0 Å². The van der Waals surface area contributed by atoms with Gasteiger partial charge in [0.1, 0.15) is 0 Å². The number of nitrogens with one attached hydrogen (secondary N) is 2. The van der Waals surface area contributed by atoms with E-state index in [-0.39, 0.29) is 0 Å². The molecule has 0 radical (unpaired) electrons. The minimum absolute atomic E-state index is 0.510. The second-order valence-electron chi connectivity index (χ2n) is 6.19. The van der Waals surface area contributed by atoms with Crippen LogP contribution < -0.4 is 10.6 Å². The summed E-state index contributed by atoms with van der Waals surface area (Å²) >= 11 is 0. The molecule has 1 atom stereocenters. The zero-order valence-corrected chi connectivity index (χ0v) is 13.8. The molecule has 0 saturated carbocycles. The number of hydrogen-bond acceptors (Lipinski definition) is 3. The summed E-state index contributed by atoms with van der Waals surface area (Å²) in [7, 11) is 2.20. The SMILES string of the molecule is CCNC(=NCC(C)N1CCN(C)CC1)NC1CC=CC1. The fourth-order valence-electron chi connectivity index (χ4n) is 2.85. The lowest BCUT2D eigenvalue weighted by atomic mass is 10.2. The summed E-state index contributed by atoms with van der Waals surface area (Å²) in [4.78, 5) is 9.72. The van der Waals surface area contributed by atoms with Crippen LogP contribution in [-0.2, 0) is 0 Å². The number of nitrogens with zero attached hydrogens (tertiary/aromatic N) is 3. The average Bonchev–Trinajstić information content (AvgIpc) is 2.98. The van der Waals surface area contributed by atoms with Gasteiger partial charge >= 0.3 is 0 Å². The van der Waals surface area contributed by atoms with Crippen molar-refractivity contribution in [3.05, 3.63) is 12.2 Å². The van der Waals surface area contributed by atoms with E-state index >= 15 is 0 Å². The Labute approximate surface area is 129 Å². The molecule has 1 saturated heterocycles. The van der Waals surface area contributed by atoms with Gasteiger partial charge in [-0.25, -0.2) is 0 Å². The summed E-state index contributed by atoms with van der Waals surface area (Å²) in [5, 5.41) is 6.89. The summed E-state index contributed by atoms with van der Waals surface area (Å²) < 4.78 is 0. The molecule has 2 rings (SSSR count). The van der Waals surface area contributed by atoms with Crippen molar-refractivity contribution in [1.82, 2.24) is 20.4 Å². The van der Waals surface area contributed by atoms with Gasteiger partial charge in [-0.2, -0.15) is 0 Å². The third kappa shape index (κ3) is 5.32. The minimum atomic E-state index is 0.510. The second-order valence-corrected chi connectivity index (χ2v) is 6.19. The molecule has 1 aliphatic heterocycles. The van der Waals surface area contributed by atoms with E-state index in [2.05, 4.69) is 53.5 Å². The van der Waals surface area contributed by atoms with E-state index in [1.165, 1.54) is 13.1 Å². The van der Waals surface area contributed by atoms with Crippen LogP contribution in [0, 0.1) is 0 Å². The molecule has 1 unspecified atom stereocenters. The van der Waals surface area contributed by atoms with Gasteiger partial charge < -0.3 is 15.5 Å². The predicted molar refractivity (Wildman–Crippen MR) is 89.8 cm³/mol. The third-order valence-electron chi connectivity index (χ3n) is 4.37. The number of piperazine rings is 1. The number of guanidine groups is 1. The van der Waals surface area contributed by atoms with Crippen LogP contribution in [0.15, 0.2) is 17.1 Å². The number of likely N-dealkylation sites (N-methyl/N-ethyl adjacent to an activating group) is 1. The van der Waals surface area contributed by atoms with Crippen LogP contribution in [0.2, 0.25) is 0 Å². The van der Waals surface area contributed by atoms with E-state index in [0.717, 1.165) is 45.0 Å². The molecule has 2 N–H and O–H groups in total. The fraction of sp³-hybridized carbons (Fsp3) is 0.812. The van der Waals surface area contributed by atoms with Gasteiger partial charge in [0, 0.05) is 44.8 Å². The molecule has 0 aromatic heterocycles. The molecular weight excluding hydrogens is 262 g/mol. The van der Waals surface area contributed by atoms with Crippen molar-refractivity contribution in [2.24, 2.45) is 4.99 Å². The second kappa shape index (κ2) is 8.39. The topological polar surface area (TPSA) is 42.9 Å². The number of hydrogen-bond donors (Lipinski definition) is 2. The third-order valence-corrected chi connectivity index (χ3v) is 4.37. The molecule has 1 heterocycles. The highest BCUT2D eigenvalue weighted by Gasteiger charge is 2.19. The lowest BCUT2D eigenvalue weighted by Gasteiger charge is -2.36. The molecule has 5 heteroatoms. The fourth-order valence-corrected chi connectivity index (χ4v) is 2.85. The Morgan fingerprint density at radius 1 is 1.24 bits per heavy atom. The van der Waals surface area contributed by atoms with Gasteiger partial charge in [-0.3, -0.25) is 9.89 Å². The van der Waals surface area contributed by atoms with Crippen molar-refractivity contribution < 1.29 is 0 Å². The lowest BCUT2D eigenvalue weighted by molar-refractivity contribution is 0.122. The van der Waals surface area contributed by atoms with Gasteiger partial charge in [-0.05, 0) is 33.7 Å². The summed E-state index contributed by atoms with van der Waals surface area (Å²) in [6.07, 6.45) is 6.71. The molecule has 120 valence electrons. The van der Waals surface area contributed by atoms with E-state index < -0.39 is 0 Å². The average molecular weight is 293 g/mol. The first-order valence-corrected chi connectivity index (χ1v) is 8.31. The van der Waals surface area contributed by atoms with Crippen molar-refractivity contribution in [1.29, 1.82) is 0 Å². The van der Waals surface area contributed by atoms with Crippen LogP contribution in [0.3, 0.4) is 0 Å². The number of aliphatic imine (C=N–C) groups is 1. The van der Waals surface area contributed by atoms with Crippen molar-refractivity contribution in [2.45, 2.75) is 38.8 Å². The number of rotatable bonds is 5. The molecule has 1 aliphatic carbocycles. The Balaban J connectivity index is 1.80. The zero-order chi connectivity index (χ0) is 15.1. The molecule has 0 bridgehead atoms. The molecule has 21 heavy (non-hydrogen) atoms. The highest BCUT2D eigenvalue weighted by molar-refractivity contribution is 5.80. The molecule has 0 aromatic rings. The van der Waals surface area contributed by atoms with E-state index in [1.807, 2.05) is 0 Å². The zero-order valence-electron chi connectivity index (χ0n) is 13.8. The predicted octanol–water partition coefficient (Wildman–Crippen LogP) is 0.896. The molecule has 1 fully saturated rings. The first kappa shape index (κ1) is 16.3. The quantitative estimate of drug-likeness (QED) is 0.449. The van der Waals surface area contributed by atoms with Crippen molar-refractivity contribution in [3.8, 4) is 0 Å². The smallest absolute Gasteiger partial charge is 0.191 e. The van der Waals surface area contributed by atoms with Gasteiger partial charge in [-0.1, -0.05) is 12.2 Å². The Bertz CT molecular complexity index is 350. The Morgan fingerprint density at radius 3 is 2.52 bits per heavy atom. The van der Waals surface area contributed by atoms with Crippen LogP contribution in [0.4, 0.5) is 0 Å². The molecule has 0 spiro atoms. The summed E-state index contributed by atoms with van der Waals surface area (Å²) in [6.45, 7) is 10.8. The van der Waals surface area contributed by atoms with Crippen LogP contribution >= 0.6 is 0 Å². The van der Waals surface area contributed by atoms with Crippen LogP contribution in [0.5, 0.6) is 0 Å². The van der Waals surface area contributed by atoms with E-state index in [4.69, 9.17) is 4.99 Å². The largest absolute Gasteiger partial charge is 0.357 e. The van der Waals surface area contributed by atoms with Gasteiger partial charge in [0.15, 0.2) is 5.96 Å². The molecule has 2 aliphatic rings. The van der Waals surface area contributed by atoms with Crippen molar-refractivity contribution in [2.75, 3.05) is 46.3 Å². The Kier molecular flexibility index (Phi) is 6.51. The van der Waals surface area contributed by atoms with Crippen LogP contribution in [-0.4, -0.2) is 74.2 Å². The van der Waals surface area contributed by atoms with E-state index in [1.54, 1.807) is 0 Å². The molecule has 0 amide bonds. The monoisotopic (exact) mass is 293 g/mol. The molecule has 5 nitrogen and oxygen atoms in total. The van der Waals surface area contributed by atoms with E-state index in [0.29, 0.717) is 12.1 Å². The standard InChI is InChI=1S/C16H31N5/c1-4-17-16(19-15-7-5-6-8-15)18-13-14(2)21-11-9-20(3)10-12-21/h5-6,14-15H,4,7-13H2,1-3H3,(H2,17,18,19). The maximum Gasteiger partial charge on any atom is 0.191 e. The van der Waals surface area contributed by atoms with Gasteiger partial charge in [0.2, 0.25) is 0 Å².